The minimum absolute atomic E-state index is 1.23. The Kier molecular flexibility index (Phi) is 5.94. The highest BCUT2D eigenvalue weighted by Crippen LogP contribution is 2.05. The van der Waals surface area contributed by atoms with Crippen LogP contribution >= 0.6 is 0 Å². The van der Waals surface area contributed by atoms with Crippen molar-refractivity contribution >= 4 is 0 Å². The zero-order chi connectivity index (χ0) is 7.82. The van der Waals surface area contributed by atoms with Crippen LogP contribution in [-0.2, 0) is 0 Å². The first-order valence-corrected chi connectivity index (χ1v) is 3.78. The quantitative estimate of drug-likeness (QED) is 0.504. The van der Waals surface area contributed by atoms with Crippen molar-refractivity contribution in [1.29, 1.82) is 0 Å². The van der Waals surface area contributed by atoms with Crippen LogP contribution < -0.4 is 0 Å². The molecular formula is C9H17N. The van der Waals surface area contributed by atoms with E-state index in [-0.39, 0.29) is 0 Å². The van der Waals surface area contributed by atoms with E-state index in [1.807, 2.05) is 13.1 Å². The molecule has 0 aromatic heterocycles. The summed E-state index contributed by atoms with van der Waals surface area (Å²) in [5.41, 5.74) is 0. The fourth-order valence-corrected chi connectivity index (χ4v) is 0.924. The van der Waals surface area contributed by atoms with Crippen LogP contribution in [0.15, 0.2) is 25.4 Å². The molecule has 58 valence electrons. The highest BCUT2D eigenvalue weighted by Gasteiger charge is 2.04. The standard InChI is InChI=1S/C6H11N.C3H6/c1-2-7-5-3-4-6-7;1-3-2/h2H,1,3-6H2;3H,1H2,2H3. The summed E-state index contributed by atoms with van der Waals surface area (Å²) in [6, 6.07) is 0. The average Bonchev–Trinajstić information content (AvgIpc) is 2.39. The highest BCUT2D eigenvalue weighted by molar-refractivity contribution is 4.75. The second-order valence-corrected chi connectivity index (χ2v) is 2.33. The van der Waals surface area contributed by atoms with Gasteiger partial charge in [0, 0.05) is 13.1 Å². The van der Waals surface area contributed by atoms with Gasteiger partial charge in [0.2, 0.25) is 0 Å². The van der Waals surface area contributed by atoms with Crippen LogP contribution in [-0.4, -0.2) is 18.0 Å². The van der Waals surface area contributed by atoms with Crippen molar-refractivity contribution in [2.45, 2.75) is 19.8 Å². The molecular weight excluding hydrogens is 122 g/mol. The van der Waals surface area contributed by atoms with Gasteiger partial charge in [-0.1, -0.05) is 12.7 Å². The molecule has 0 atom stereocenters. The molecule has 0 spiro atoms. The second-order valence-electron chi connectivity index (χ2n) is 2.33. The fourth-order valence-electron chi connectivity index (χ4n) is 0.924. The first-order valence-electron chi connectivity index (χ1n) is 3.78. The van der Waals surface area contributed by atoms with Crippen molar-refractivity contribution in [2.24, 2.45) is 0 Å². The third-order valence-electron chi connectivity index (χ3n) is 1.40. The van der Waals surface area contributed by atoms with E-state index < -0.39 is 0 Å². The number of likely N-dealkylation sites (tertiary alicyclic amines) is 1. The molecule has 0 N–H and O–H groups in total. The Labute approximate surface area is 64.0 Å². The van der Waals surface area contributed by atoms with Crippen LogP contribution in [0.25, 0.3) is 0 Å². The zero-order valence-corrected chi connectivity index (χ0v) is 6.84. The Bertz CT molecular complexity index is 90.9. The summed E-state index contributed by atoms with van der Waals surface area (Å²) in [6.45, 7) is 11.4. The third-order valence-corrected chi connectivity index (χ3v) is 1.40. The molecule has 1 saturated heterocycles. The monoisotopic (exact) mass is 139 g/mol. The topological polar surface area (TPSA) is 3.24 Å². The minimum atomic E-state index is 1.23. The largest absolute Gasteiger partial charge is 0.378 e. The maximum Gasteiger partial charge on any atom is 0.0172 e. The summed E-state index contributed by atoms with van der Waals surface area (Å²) in [6.07, 6.45) is 6.38. The summed E-state index contributed by atoms with van der Waals surface area (Å²) in [7, 11) is 0. The van der Waals surface area contributed by atoms with Gasteiger partial charge in [-0.15, -0.1) is 6.58 Å². The zero-order valence-electron chi connectivity index (χ0n) is 6.84. The molecule has 1 aliphatic heterocycles. The van der Waals surface area contributed by atoms with Crippen molar-refractivity contribution in [3.63, 3.8) is 0 Å². The van der Waals surface area contributed by atoms with Gasteiger partial charge in [0.05, 0.1) is 0 Å². The molecule has 1 nitrogen and oxygen atoms in total. The molecule has 0 aliphatic carbocycles. The van der Waals surface area contributed by atoms with Gasteiger partial charge in [-0.3, -0.25) is 0 Å². The van der Waals surface area contributed by atoms with Crippen LogP contribution in [0.5, 0.6) is 0 Å². The molecule has 10 heavy (non-hydrogen) atoms. The normalized spacial score (nSPS) is 15.5. The van der Waals surface area contributed by atoms with Crippen molar-refractivity contribution in [2.75, 3.05) is 13.1 Å². The lowest BCUT2D eigenvalue weighted by molar-refractivity contribution is 0.469. The predicted octanol–water partition coefficient (Wildman–Crippen LogP) is 2.42. The highest BCUT2D eigenvalue weighted by atomic mass is 15.1. The summed E-state index contributed by atoms with van der Waals surface area (Å²) < 4.78 is 0. The summed E-state index contributed by atoms with van der Waals surface area (Å²) in [5.74, 6) is 0. The van der Waals surface area contributed by atoms with Gasteiger partial charge in [-0.05, 0) is 26.0 Å². The molecule has 0 aromatic carbocycles. The van der Waals surface area contributed by atoms with E-state index in [0.29, 0.717) is 0 Å². The first-order chi connectivity index (χ1) is 4.85. The summed E-state index contributed by atoms with van der Waals surface area (Å²) >= 11 is 0. The average molecular weight is 139 g/mol. The lowest BCUT2D eigenvalue weighted by atomic mass is 10.4. The Morgan fingerprint density at radius 2 is 1.60 bits per heavy atom. The molecule has 1 aliphatic rings. The molecule has 1 heteroatoms. The lowest BCUT2D eigenvalue weighted by Gasteiger charge is -2.07. The smallest absolute Gasteiger partial charge is 0.0172 e. The summed E-state index contributed by atoms with van der Waals surface area (Å²) in [5, 5.41) is 0. The van der Waals surface area contributed by atoms with Gasteiger partial charge in [-0.25, -0.2) is 0 Å². The van der Waals surface area contributed by atoms with Gasteiger partial charge >= 0.3 is 0 Å². The Balaban J connectivity index is 0.000000236. The number of rotatable bonds is 1. The fraction of sp³-hybridized carbons (Fsp3) is 0.556. The Hall–Kier alpha value is -0.720. The van der Waals surface area contributed by atoms with E-state index >= 15 is 0 Å². The molecule has 1 fully saturated rings. The molecule has 1 heterocycles. The van der Waals surface area contributed by atoms with Crippen LogP contribution in [0, 0.1) is 0 Å². The SMILES string of the molecule is C=CC.C=CN1CCCC1. The van der Waals surface area contributed by atoms with Crippen LogP contribution in [0.4, 0.5) is 0 Å². The van der Waals surface area contributed by atoms with Crippen molar-refractivity contribution < 1.29 is 0 Å². The molecule has 0 unspecified atom stereocenters. The molecule has 0 saturated carbocycles. The van der Waals surface area contributed by atoms with E-state index in [0.717, 1.165) is 0 Å². The van der Waals surface area contributed by atoms with Gasteiger partial charge in [-0.2, -0.15) is 0 Å². The number of nitrogens with zero attached hydrogens (tertiary/aromatic N) is 1. The van der Waals surface area contributed by atoms with E-state index in [2.05, 4.69) is 18.1 Å². The Morgan fingerprint density at radius 3 is 1.80 bits per heavy atom. The van der Waals surface area contributed by atoms with Crippen LogP contribution in [0.2, 0.25) is 0 Å². The first kappa shape index (κ1) is 9.28. The maximum atomic E-state index is 3.67. The van der Waals surface area contributed by atoms with Gasteiger partial charge < -0.3 is 4.90 Å². The molecule has 0 aromatic rings. The van der Waals surface area contributed by atoms with Crippen LogP contribution in [0.3, 0.4) is 0 Å². The maximum absolute atomic E-state index is 3.67. The van der Waals surface area contributed by atoms with E-state index in [4.69, 9.17) is 0 Å². The van der Waals surface area contributed by atoms with E-state index in [1.165, 1.54) is 25.9 Å². The van der Waals surface area contributed by atoms with E-state index in [9.17, 15) is 0 Å². The van der Waals surface area contributed by atoms with Gasteiger partial charge in [0.15, 0.2) is 0 Å². The number of allylic oxidation sites excluding steroid dienone is 1. The second kappa shape index (κ2) is 6.40. The van der Waals surface area contributed by atoms with Crippen LogP contribution in [0.1, 0.15) is 19.8 Å². The predicted molar refractivity (Wildman–Crippen MR) is 46.9 cm³/mol. The van der Waals surface area contributed by atoms with Gasteiger partial charge in [0.25, 0.3) is 0 Å². The van der Waals surface area contributed by atoms with Crippen molar-refractivity contribution in [3.05, 3.63) is 25.4 Å². The van der Waals surface area contributed by atoms with Crippen molar-refractivity contribution in [1.82, 2.24) is 4.90 Å². The molecule has 0 amide bonds. The number of hydrogen-bond donors (Lipinski definition) is 0. The van der Waals surface area contributed by atoms with E-state index in [1.54, 1.807) is 6.08 Å². The number of hydrogen-bond acceptors (Lipinski definition) is 1. The molecule has 1 rings (SSSR count). The minimum Gasteiger partial charge on any atom is -0.378 e. The summed E-state index contributed by atoms with van der Waals surface area (Å²) in [4.78, 5) is 2.25. The van der Waals surface area contributed by atoms with Crippen molar-refractivity contribution in [3.8, 4) is 0 Å². The lowest BCUT2D eigenvalue weighted by Crippen LogP contribution is -2.08. The van der Waals surface area contributed by atoms with Gasteiger partial charge in [0.1, 0.15) is 0 Å². The Morgan fingerprint density at radius 1 is 1.20 bits per heavy atom. The third kappa shape index (κ3) is 4.19. The molecule has 0 bridgehead atoms. The molecule has 0 radical (unpaired) electrons.